The molecule has 0 aromatic heterocycles. The van der Waals surface area contributed by atoms with Crippen molar-refractivity contribution in [2.45, 2.75) is 19.3 Å². The summed E-state index contributed by atoms with van der Waals surface area (Å²) in [6, 6.07) is 0. The van der Waals surface area contributed by atoms with Crippen LogP contribution in [0.2, 0.25) is 0 Å². The molecule has 0 atom stereocenters. The SMILES string of the molecule is CN(C)NCCCCC(=O)O. The lowest BCUT2D eigenvalue weighted by Crippen LogP contribution is -2.31. The highest BCUT2D eigenvalue weighted by atomic mass is 16.4. The summed E-state index contributed by atoms with van der Waals surface area (Å²) in [6.45, 7) is 0.847. The molecule has 0 aliphatic rings. The summed E-state index contributed by atoms with van der Waals surface area (Å²) in [5, 5.41) is 10.2. The molecular formula is C7H16N2O2. The van der Waals surface area contributed by atoms with Crippen LogP contribution in [0.4, 0.5) is 0 Å². The number of aliphatic carboxylic acids is 1. The van der Waals surface area contributed by atoms with Gasteiger partial charge in [0.25, 0.3) is 0 Å². The summed E-state index contributed by atoms with van der Waals surface area (Å²) in [7, 11) is 3.83. The monoisotopic (exact) mass is 160 g/mol. The smallest absolute Gasteiger partial charge is 0.303 e. The Kier molecular flexibility index (Phi) is 5.78. The second-order valence-electron chi connectivity index (χ2n) is 2.65. The number of carboxylic acids is 1. The number of nitrogens with zero attached hydrogens (tertiary/aromatic N) is 1. The van der Waals surface area contributed by atoms with Crippen LogP contribution >= 0.6 is 0 Å². The van der Waals surface area contributed by atoms with E-state index in [0.717, 1.165) is 19.4 Å². The fraction of sp³-hybridized carbons (Fsp3) is 0.857. The maximum absolute atomic E-state index is 10.1. The fourth-order valence-corrected chi connectivity index (χ4v) is 0.704. The van der Waals surface area contributed by atoms with E-state index in [1.54, 1.807) is 0 Å². The molecule has 0 aliphatic carbocycles. The number of hydrogen-bond donors (Lipinski definition) is 2. The quantitative estimate of drug-likeness (QED) is 0.433. The summed E-state index contributed by atoms with van der Waals surface area (Å²) in [5.74, 6) is -0.713. The molecule has 0 fully saturated rings. The Morgan fingerprint density at radius 2 is 2.09 bits per heavy atom. The van der Waals surface area contributed by atoms with Crippen LogP contribution in [0.15, 0.2) is 0 Å². The van der Waals surface area contributed by atoms with Gasteiger partial charge in [0.05, 0.1) is 0 Å². The zero-order chi connectivity index (χ0) is 8.69. The van der Waals surface area contributed by atoms with Gasteiger partial charge in [0.2, 0.25) is 0 Å². The lowest BCUT2D eigenvalue weighted by Gasteiger charge is -2.10. The van der Waals surface area contributed by atoms with Crippen molar-refractivity contribution in [3.63, 3.8) is 0 Å². The van der Waals surface area contributed by atoms with Crippen LogP contribution in [0.1, 0.15) is 19.3 Å². The molecule has 0 aromatic carbocycles. The van der Waals surface area contributed by atoms with Gasteiger partial charge in [-0.15, -0.1) is 0 Å². The highest BCUT2D eigenvalue weighted by molar-refractivity contribution is 5.66. The van der Waals surface area contributed by atoms with Gasteiger partial charge < -0.3 is 5.11 Å². The third kappa shape index (κ3) is 9.39. The Morgan fingerprint density at radius 3 is 2.55 bits per heavy atom. The summed E-state index contributed by atoms with van der Waals surface area (Å²) in [4.78, 5) is 10.1. The van der Waals surface area contributed by atoms with Gasteiger partial charge in [-0.3, -0.25) is 15.2 Å². The predicted molar refractivity (Wildman–Crippen MR) is 43.2 cm³/mol. The van der Waals surface area contributed by atoms with Gasteiger partial charge in [0, 0.05) is 27.1 Å². The van der Waals surface area contributed by atoms with Crippen LogP contribution in [-0.2, 0) is 4.79 Å². The van der Waals surface area contributed by atoms with Crippen LogP contribution in [-0.4, -0.2) is 36.7 Å². The minimum absolute atomic E-state index is 0.273. The minimum Gasteiger partial charge on any atom is -0.481 e. The molecule has 0 amide bonds. The molecule has 0 aromatic rings. The van der Waals surface area contributed by atoms with E-state index in [0.29, 0.717) is 0 Å². The van der Waals surface area contributed by atoms with E-state index < -0.39 is 5.97 Å². The van der Waals surface area contributed by atoms with Crippen molar-refractivity contribution in [2.24, 2.45) is 0 Å². The van der Waals surface area contributed by atoms with Crippen LogP contribution in [0.5, 0.6) is 0 Å². The fourth-order valence-electron chi connectivity index (χ4n) is 0.704. The van der Waals surface area contributed by atoms with E-state index >= 15 is 0 Å². The number of carboxylic acid groups (broad SMARTS) is 1. The van der Waals surface area contributed by atoms with Gasteiger partial charge >= 0.3 is 5.97 Å². The van der Waals surface area contributed by atoms with Gasteiger partial charge in [-0.05, 0) is 12.8 Å². The van der Waals surface area contributed by atoms with Crippen LogP contribution in [0, 0.1) is 0 Å². The van der Waals surface area contributed by atoms with Gasteiger partial charge in [-0.2, -0.15) is 0 Å². The third-order valence-electron chi connectivity index (χ3n) is 1.25. The summed E-state index contributed by atoms with van der Waals surface area (Å²) < 4.78 is 0. The second-order valence-corrected chi connectivity index (χ2v) is 2.65. The molecule has 0 radical (unpaired) electrons. The maximum atomic E-state index is 10.1. The Labute approximate surface area is 67.2 Å². The van der Waals surface area contributed by atoms with E-state index in [1.165, 1.54) is 0 Å². The third-order valence-corrected chi connectivity index (χ3v) is 1.25. The molecule has 0 spiro atoms. The van der Waals surface area contributed by atoms with Gasteiger partial charge in [0.15, 0.2) is 0 Å². The van der Waals surface area contributed by atoms with Gasteiger partial charge in [0.1, 0.15) is 0 Å². The molecule has 66 valence electrons. The standard InChI is InChI=1S/C7H16N2O2/c1-9(2)8-6-4-3-5-7(10)11/h8H,3-6H2,1-2H3,(H,10,11). The lowest BCUT2D eigenvalue weighted by atomic mass is 10.2. The number of carbonyl (C=O) groups is 1. The molecule has 0 saturated carbocycles. The molecule has 0 rings (SSSR count). The average Bonchev–Trinajstić information content (AvgIpc) is 1.85. The number of rotatable bonds is 6. The second kappa shape index (κ2) is 6.12. The van der Waals surface area contributed by atoms with Crippen molar-refractivity contribution >= 4 is 5.97 Å². The minimum atomic E-state index is -0.713. The highest BCUT2D eigenvalue weighted by Gasteiger charge is 1.95. The first-order valence-electron chi connectivity index (χ1n) is 3.75. The van der Waals surface area contributed by atoms with Crippen molar-refractivity contribution in [2.75, 3.05) is 20.6 Å². The van der Waals surface area contributed by atoms with E-state index in [-0.39, 0.29) is 6.42 Å². The molecule has 4 heteroatoms. The molecule has 0 saturated heterocycles. The topological polar surface area (TPSA) is 52.6 Å². The van der Waals surface area contributed by atoms with Crippen molar-refractivity contribution in [3.8, 4) is 0 Å². The first kappa shape index (κ1) is 10.4. The molecule has 0 bridgehead atoms. The van der Waals surface area contributed by atoms with E-state index in [1.807, 2.05) is 19.1 Å². The maximum Gasteiger partial charge on any atom is 0.303 e. The van der Waals surface area contributed by atoms with Gasteiger partial charge in [-0.25, -0.2) is 0 Å². The Balaban J connectivity index is 2.97. The van der Waals surface area contributed by atoms with Crippen molar-refractivity contribution in [3.05, 3.63) is 0 Å². The summed E-state index contributed by atoms with van der Waals surface area (Å²) in [6.07, 6.45) is 1.93. The van der Waals surface area contributed by atoms with E-state index in [2.05, 4.69) is 5.43 Å². The Bertz CT molecular complexity index is 115. The number of hydrogen-bond acceptors (Lipinski definition) is 3. The average molecular weight is 160 g/mol. The summed E-state index contributed by atoms with van der Waals surface area (Å²) >= 11 is 0. The van der Waals surface area contributed by atoms with Crippen LogP contribution < -0.4 is 5.43 Å². The molecule has 2 N–H and O–H groups in total. The molecule has 11 heavy (non-hydrogen) atoms. The molecule has 0 aliphatic heterocycles. The molecule has 0 unspecified atom stereocenters. The number of unbranched alkanes of at least 4 members (excludes halogenated alkanes) is 1. The Hall–Kier alpha value is -0.610. The van der Waals surface area contributed by atoms with E-state index in [9.17, 15) is 4.79 Å². The van der Waals surface area contributed by atoms with Gasteiger partial charge in [-0.1, -0.05) is 0 Å². The van der Waals surface area contributed by atoms with Crippen molar-refractivity contribution in [1.29, 1.82) is 0 Å². The highest BCUT2D eigenvalue weighted by Crippen LogP contribution is 1.92. The predicted octanol–water partition coefficient (Wildman–Crippen LogP) is 0.307. The zero-order valence-corrected chi connectivity index (χ0v) is 7.13. The van der Waals surface area contributed by atoms with E-state index in [4.69, 9.17) is 5.11 Å². The van der Waals surface area contributed by atoms with Crippen LogP contribution in [0.3, 0.4) is 0 Å². The number of nitrogens with one attached hydrogen (secondary N) is 1. The first-order chi connectivity index (χ1) is 5.13. The molecular weight excluding hydrogens is 144 g/mol. The summed E-state index contributed by atoms with van der Waals surface area (Å²) in [5.41, 5.74) is 3.06. The largest absolute Gasteiger partial charge is 0.481 e. The zero-order valence-electron chi connectivity index (χ0n) is 7.13. The van der Waals surface area contributed by atoms with Crippen molar-refractivity contribution < 1.29 is 9.90 Å². The Morgan fingerprint density at radius 1 is 1.45 bits per heavy atom. The molecule has 4 nitrogen and oxygen atoms in total. The number of hydrazine groups is 1. The lowest BCUT2D eigenvalue weighted by molar-refractivity contribution is -0.137. The normalized spacial score (nSPS) is 10.5. The van der Waals surface area contributed by atoms with Crippen molar-refractivity contribution in [1.82, 2.24) is 10.4 Å². The first-order valence-corrected chi connectivity index (χ1v) is 3.75. The van der Waals surface area contributed by atoms with Crippen LogP contribution in [0.25, 0.3) is 0 Å². The molecule has 0 heterocycles.